The Morgan fingerprint density at radius 1 is 1.21 bits per heavy atom. The number of nitrogens with zero attached hydrogens (tertiary/aromatic N) is 1. The molecule has 21 nitrogen and oxygen atoms in total. The Balaban J connectivity index is 0.00000134. The number of nitrogens with two attached hydrogens (primary N) is 1. The molecule has 0 bridgehead atoms. The van der Waals surface area contributed by atoms with Crippen molar-refractivity contribution in [3.8, 4) is 0 Å². The second-order valence-corrected chi connectivity index (χ2v) is 14.1. The molecule has 1 fully saturated rings. The van der Waals surface area contributed by atoms with Gasteiger partial charge < -0.3 is 61.0 Å². The molecular weight excluding hydrogens is 787 g/mol. The number of phosphoric ester groups is 1. The van der Waals surface area contributed by atoms with E-state index >= 15 is 0 Å². The molecule has 5 N–H and O–H groups in total. The van der Waals surface area contributed by atoms with Gasteiger partial charge in [0, 0.05) is 57.3 Å². The van der Waals surface area contributed by atoms with E-state index in [4.69, 9.17) is 23.2 Å². The maximum Gasteiger partial charge on any atom is 0.330 e. The van der Waals surface area contributed by atoms with Gasteiger partial charge in [-0.1, -0.05) is 6.42 Å². The average molecular weight is 817 g/mol. The van der Waals surface area contributed by atoms with Crippen LogP contribution >= 0.6 is 23.5 Å². The number of aryl methyl sites for hydroxylation is 1. The molecule has 2 heterocycles. The smallest absolute Gasteiger partial charge is 0.330 e. The van der Waals surface area contributed by atoms with Crippen LogP contribution in [0.3, 0.4) is 0 Å². The third-order valence-electron chi connectivity index (χ3n) is 5.99. The number of phosphoric acid groups is 3. The summed E-state index contributed by atoms with van der Waals surface area (Å²) in [4.78, 5) is 110. The van der Waals surface area contributed by atoms with Crippen LogP contribution in [-0.4, -0.2) is 70.0 Å². The topological polar surface area (TPSA) is 347 Å². The maximum atomic E-state index is 12.2. The van der Waals surface area contributed by atoms with Crippen molar-refractivity contribution in [1.29, 1.82) is 0 Å². The van der Waals surface area contributed by atoms with Gasteiger partial charge in [-0.3, -0.25) is 39.1 Å². The summed E-state index contributed by atoms with van der Waals surface area (Å²) < 4.78 is 50.3. The number of aromatic amines is 1. The average Bonchev–Trinajstić information content (AvgIpc) is 3.17. The normalized spacial score (nSPS) is 23.1. The minimum atomic E-state index is -6.12. The number of amides is 1. The molecular formula is C22H30BN3O18P3Y-5. The van der Waals surface area contributed by atoms with Gasteiger partial charge in [0.1, 0.15) is 18.1 Å². The molecule has 1 aliphatic heterocycles. The van der Waals surface area contributed by atoms with E-state index in [0.717, 1.165) is 10.8 Å². The molecule has 1 aromatic heterocycles. The van der Waals surface area contributed by atoms with Gasteiger partial charge in [-0.15, -0.1) is 0 Å². The summed E-state index contributed by atoms with van der Waals surface area (Å²) in [6.07, 6.45) is -1.03. The molecule has 1 aliphatic rings. The van der Waals surface area contributed by atoms with Crippen LogP contribution in [0.15, 0.2) is 15.8 Å². The summed E-state index contributed by atoms with van der Waals surface area (Å²) in [6, 6.07) is 0. The molecule has 1 aromatic rings. The third-order valence-corrected chi connectivity index (χ3v) is 9.68. The van der Waals surface area contributed by atoms with Gasteiger partial charge in [0.05, 0.1) is 20.6 Å². The minimum Gasteiger partial charge on any atom is -0.756 e. The van der Waals surface area contributed by atoms with Crippen LogP contribution in [0.1, 0.15) is 50.8 Å². The van der Waals surface area contributed by atoms with Crippen molar-refractivity contribution >= 4 is 55.1 Å². The molecule has 1 amide bonds. The molecule has 8 unspecified atom stereocenters. The molecule has 1 saturated heterocycles. The number of ether oxygens (including phenoxy) is 1. The molecule has 48 heavy (non-hydrogen) atoms. The van der Waals surface area contributed by atoms with E-state index in [1.165, 1.54) is 6.92 Å². The number of nitrogens with one attached hydrogen (secondary N) is 1. The fraction of sp³-hybridized carbons (Fsp3) is 0.591. The van der Waals surface area contributed by atoms with Gasteiger partial charge in [-0.25, -0.2) is 13.4 Å². The summed E-state index contributed by atoms with van der Waals surface area (Å²) in [7, 11) is -12.1. The Morgan fingerprint density at radius 2 is 1.81 bits per heavy atom. The Bertz CT molecular complexity index is 1550. The zero-order valence-electron chi connectivity index (χ0n) is 25.1. The first-order valence-electron chi connectivity index (χ1n) is 13.1. The van der Waals surface area contributed by atoms with E-state index in [0.29, 0.717) is 6.42 Å². The molecule has 0 aromatic carbocycles. The van der Waals surface area contributed by atoms with Gasteiger partial charge in [0.15, 0.2) is 0 Å². The van der Waals surface area contributed by atoms with Crippen molar-refractivity contribution < 1.29 is 108 Å². The van der Waals surface area contributed by atoms with E-state index in [2.05, 4.69) is 20.1 Å². The third kappa shape index (κ3) is 17.0. The second kappa shape index (κ2) is 20.4. The Morgan fingerprint density at radius 3 is 2.31 bits per heavy atom. The van der Waals surface area contributed by atoms with E-state index in [1.54, 1.807) is 6.29 Å². The predicted molar refractivity (Wildman–Crippen MR) is 150 cm³/mol. The van der Waals surface area contributed by atoms with Crippen LogP contribution in [0.25, 0.3) is 0 Å². The van der Waals surface area contributed by atoms with Crippen molar-refractivity contribution in [2.75, 3.05) is 6.61 Å². The minimum absolute atomic E-state index is 0. The van der Waals surface area contributed by atoms with Crippen LogP contribution in [0.5, 0.6) is 0 Å². The van der Waals surface area contributed by atoms with Crippen molar-refractivity contribution in [3.05, 3.63) is 39.5 Å². The van der Waals surface area contributed by atoms with Gasteiger partial charge in [0.2, 0.25) is 5.91 Å². The molecule has 0 saturated carbocycles. The number of H-pyrrole nitrogens is 1. The molecule has 26 heteroatoms. The van der Waals surface area contributed by atoms with Crippen molar-refractivity contribution in [2.24, 2.45) is 11.7 Å². The quantitative estimate of drug-likeness (QED) is 0.0493. The summed E-state index contributed by atoms with van der Waals surface area (Å²) >= 11 is 0. The number of Topliss-reactive ketones (excluding diaryl/α,β-unsaturated/α-hetero) is 2. The number of ketones is 2. The number of primary amides is 1. The zero-order chi connectivity index (χ0) is 36.3. The number of carbonyl (C=O) groups is 3. The van der Waals surface area contributed by atoms with E-state index in [1.807, 2.05) is 4.98 Å². The predicted octanol–water partition coefficient (Wildman–Crippen LogP) is -3.12. The standard InChI is InChI=1S/C13H19BN2O15P3.C9H14NO3.Y/c14-9-10(18)8(6-28-33(24,25)31-34(26,27)30-32(21,22)23)29-12(9)16-5-7(3-1-2-4-17)11(19)15-13(16)20;1-6(11)5-8(7(2)12)3-4-9(10)13;/h5,8-10,12,18H,1-3,6H2,(H,24,25)(H,26,27)(H,15,19,20)(H2,21,22,23);8H,2-5H2,1H3,(H2,10,13);/q2*-1;/p-3. The summed E-state index contributed by atoms with van der Waals surface area (Å²) in [5.41, 5.74) is 3.26. The molecule has 3 radical (unpaired) electrons. The monoisotopic (exact) mass is 817 g/mol. The van der Waals surface area contributed by atoms with Crippen molar-refractivity contribution in [3.63, 3.8) is 0 Å². The van der Waals surface area contributed by atoms with Crippen LogP contribution in [0.2, 0.25) is 5.82 Å². The van der Waals surface area contributed by atoms with Crippen LogP contribution < -0.4 is 31.7 Å². The number of rotatable bonds is 18. The largest absolute Gasteiger partial charge is 0.756 e. The SMILES string of the molecule is [B]C1C(O)C(COP(=O)([O-])OP(=O)([O-])OP(=O)([O-])O)OC1n1cc(CCC[C-]=O)c(=O)[nH]c1=O.[CH2-]C(=O)C(CCC(N)=O)CC(C)=O.[Y]. The number of aromatic nitrogens is 2. The van der Waals surface area contributed by atoms with Crippen molar-refractivity contribution in [2.45, 2.75) is 69.7 Å². The number of hydrogen-bond donors (Lipinski definition) is 4. The first-order chi connectivity index (χ1) is 21.5. The number of carbonyl (C=O) groups excluding carboxylic acids is 4. The maximum absolute atomic E-state index is 12.2. The van der Waals surface area contributed by atoms with Gasteiger partial charge in [-0.05, 0) is 37.3 Å². The Hall–Kier alpha value is -1.47. The fourth-order valence-corrected chi connectivity index (χ4v) is 6.79. The molecule has 8 atom stereocenters. The molecule has 2 rings (SSSR count). The van der Waals surface area contributed by atoms with Crippen LogP contribution in [0, 0.1) is 12.8 Å². The second-order valence-electron chi connectivity index (χ2n) is 9.85. The summed E-state index contributed by atoms with van der Waals surface area (Å²) in [5.74, 6) is -2.67. The first kappa shape index (κ1) is 46.5. The van der Waals surface area contributed by atoms with E-state index in [9.17, 15) is 62.2 Å². The fourth-order valence-electron chi connectivity index (χ4n) is 3.89. The summed E-state index contributed by atoms with van der Waals surface area (Å²) in [5, 5.41) is 10.2. The zero-order valence-corrected chi connectivity index (χ0v) is 30.6. The van der Waals surface area contributed by atoms with E-state index < -0.39 is 77.4 Å². The Labute approximate surface area is 299 Å². The Kier molecular flexibility index (Phi) is 19.8. The van der Waals surface area contributed by atoms with Crippen molar-refractivity contribution in [1.82, 2.24) is 9.55 Å². The van der Waals surface area contributed by atoms with Crippen LogP contribution in [-0.2, 0) is 89.9 Å². The number of aliphatic hydroxyl groups is 1. The molecule has 267 valence electrons. The first-order valence-corrected chi connectivity index (χ1v) is 17.5. The number of aliphatic hydroxyl groups excluding tert-OH is 1. The van der Waals surface area contributed by atoms with E-state index in [-0.39, 0.29) is 81.9 Å². The number of hydrogen-bond acceptors (Lipinski definition) is 17. The number of unbranched alkanes of at least 4 members (excludes halogenated alkanes) is 1. The van der Waals surface area contributed by atoms with Gasteiger partial charge >= 0.3 is 5.69 Å². The van der Waals surface area contributed by atoms with Crippen LogP contribution in [0.4, 0.5) is 0 Å². The van der Waals surface area contributed by atoms with Gasteiger partial charge in [0.25, 0.3) is 29.0 Å². The molecule has 0 aliphatic carbocycles. The summed E-state index contributed by atoms with van der Waals surface area (Å²) in [6.45, 7) is 3.52. The molecule has 0 spiro atoms. The van der Waals surface area contributed by atoms with Gasteiger partial charge in [-0.2, -0.15) is 6.42 Å².